The molecule has 1 aromatic rings. The van der Waals surface area contributed by atoms with Gasteiger partial charge in [0, 0.05) is 13.5 Å². The normalized spacial score (nSPS) is 17.8. The predicted molar refractivity (Wildman–Crippen MR) is 86.1 cm³/mol. The summed E-state index contributed by atoms with van der Waals surface area (Å²) in [5.74, 6) is -0.455. The van der Waals surface area contributed by atoms with Gasteiger partial charge in [-0.3, -0.25) is 19.6 Å². The van der Waals surface area contributed by atoms with E-state index in [0.717, 1.165) is 19.1 Å². The molecule has 2 amide bonds. The Hall–Kier alpha value is -2.07. The van der Waals surface area contributed by atoms with Gasteiger partial charge in [-0.25, -0.2) is 13.1 Å². The zero-order valence-corrected chi connectivity index (χ0v) is 14.5. The number of carbonyl (C=O) groups excluding carboxylic acids is 2. The van der Waals surface area contributed by atoms with Gasteiger partial charge < -0.3 is 10.2 Å². The standard InChI is InChI=1S/C14H21N5O4S/c1-10(20)19-5-3-4-13(19)12-8-15-6-11(18-12)7-16-14(21)9-17-24(2,22)23/h6,8,13,17H,3-5,7,9H2,1-2H3,(H,16,21)/t13-/m1/s1. The third-order valence-corrected chi connectivity index (χ3v) is 4.33. The van der Waals surface area contributed by atoms with E-state index in [0.29, 0.717) is 17.9 Å². The van der Waals surface area contributed by atoms with E-state index in [1.54, 1.807) is 11.1 Å². The summed E-state index contributed by atoms with van der Waals surface area (Å²) in [7, 11) is -3.41. The molecule has 0 radical (unpaired) electrons. The third-order valence-electron chi connectivity index (χ3n) is 3.66. The molecule has 132 valence electrons. The molecule has 1 aliphatic rings. The van der Waals surface area contributed by atoms with Crippen molar-refractivity contribution in [2.75, 3.05) is 19.3 Å². The Balaban J connectivity index is 1.96. The van der Waals surface area contributed by atoms with Crippen molar-refractivity contribution in [1.29, 1.82) is 0 Å². The van der Waals surface area contributed by atoms with Crippen LogP contribution < -0.4 is 10.0 Å². The van der Waals surface area contributed by atoms with E-state index in [1.807, 2.05) is 0 Å². The van der Waals surface area contributed by atoms with Gasteiger partial charge in [0.15, 0.2) is 0 Å². The quantitative estimate of drug-likeness (QED) is 0.698. The summed E-state index contributed by atoms with van der Waals surface area (Å²) in [5, 5.41) is 2.57. The second kappa shape index (κ2) is 7.67. The van der Waals surface area contributed by atoms with Gasteiger partial charge in [0.25, 0.3) is 0 Å². The molecule has 24 heavy (non-hydrogen) atoms. The Morgan fingerprint density at radius 2 is 2.12 bits per heavy atom. The first-order chi connectivity index (χ1) is 11.3. The van der Waals surface area contributed by atoms with E-state index in [4.69, 9.17) is 0 Å². The average molecular weight is 355 g/mol. The van der Waals surface area contributed by atoms with Crippen LogP contribution in [0.5, 0.6) is 0 Å². The van der Waals surface area contributed by atoms with E-state index < -0.39 is 15.9 Å². The molecule has 0 spiro atoms. The molecule has 10 heteroatoms. The molecule has 1 aromatic heterocycles. The fourth-order valence-corrected chi connectivity index (χ4v) is 2.96. The number of rotatable bonds is 6. The summed E-state index contributed by atoms with van der Waals surface area (Å²) in [6.07, 6.45) is 5.90. The molecule has 0 saturated carbocycles. The zero-order valence-electron chi connectivity index (χ0n) is 13.7. The van der Waals surface area contributed by atoms with Gasteiger partial charge in [0.05, 0.1) is 49.2 Å². The van der Waals surface area contributed by atoms with Crippen LogP contribution in [-0.2, 0) is 26.2 Å². The van der Waals surface area contributed by atoms with Crippen molar-refractivity contribution in [2.45, 2.75) is 32.4 Å². The molecule has 0 unspecified atom stereocenters. The lowest BCUT2D eigenvalue weighted by atomic mass is 10.1. The van der Waals surface area contributed by atoms with Crippen LogP contribution in [0.4, 0.5) is 0 Å². The van der Waals surface area contributed by atoms with Crippen LogP contribution in [-0.4, -0.2) is 54.4 Å². The monoisotopic (exact) mass is 355 g/mol. The minimum absolute atomic E-state index is 0.00450. The summed E-state index contributed by atoms with van der Waals surface area (Å²) in [4.78, 5) is 33.6. The topological polar surface area (TPSA) is 121 Å². The fraction of sp³-hybridized carbons (Fsp3) is 0.571. The molecule has 1 fully saturated rings. The van der Waals surface area contributed by atoms with Crippen LogP contribution in [0.2, 0.25) is 0 Å². The molecule has 1 saturated heterocycles. The second-order valence-corrected chi connectivity index (χ2v) is 7.51. The number of hydrogen-bond donors (Lipinski definition) is 2. The van der Waals surface area contributed by atoms with Crippen molar-refractivity contribution < 1.29 is 18.0 Å². The second-order valence-electron chi connectivity index (χ2n) is 5.68. The number of amides is 2. The Morgan fingerprint density at radius 1 is 1.38 bits per heavy atom. The number of nitrogens with one attached hydrogen (secondary N) is 2. The van der Waals surface area contributed by atoms with Gasteiger partial charge in [-0.05, 0) is 12.8 Å². The number of likely N-dealkylation sites (tertiary alicyclic amines) is 1. The largest absolute Gasteiger partial charge is 0.349 e. The summed E-state index contributed by atoms with van der Waals surface area (Å²) < 4.78 is 24.0. The average Bonchev–Trinajstić information content (AvgIpc) is 3.00. The molecule has 0 bridgehead atoms. The van der Waals surface area contributed by atoms with Gasteiger partial charge in [0.1, 0.15) is 0 Å². The molecule has 9 nitrogen and oxygen atoms in total. The zero-order chi connectivity index (χ0) is 17.7. The lowest BCUT2D eigenvalue weighted by molar-refractivity contribution is -0.129. The molecule has 2 rings (SSSR count). The smallest absolute Gasteiger partial charge is 0.235 e. The molecular formula is C14H21N5O4S. The highest BCUT2D eigenvalue weighted by atomic mass is 32.2. The van der Waals surface area contributed by atoms with Crippen molar-refractivity contribution in [3.05, 3.63) is 23.8 Å². The predicted octanol–water partition coefficient (Wildman–Crippen LogP) is -0.675. The lowest BCUT2D eigenvalue weighted by Gasteiger charge is -2.22. The molecule has 2 heterocycles. The van der Waals surface area contributed by atoms with Crippen molar-refractivity contribution in [1.82, 2.24) is 24.9 Å². The number of carbonyl (C=O) groups is 2. The highest BCUT2D eigenvalue weighted by molar-refractivity contribution is 7.88. The maximum atomic E-state index is 11.6. The van der Waals surface area contributed by atoms with Gasteiger partial charge in [-0.2, -0.15) is 0 Å². The highest BCUT2D eigenvalue weighted by Crippen LogP contribution is 2.30. The van der Waals surface area contributed by atoms with Gasteiger partial charge in [-0.15, -0.1) is 0 Å². The Kier molecular flexibility index (Phi) is 5.84. The number of sulfonamides is 1. The third kappa shape index (κ3) is 5.24. The Bertz CT molecular complexity index is 722. The molecule has 2 N–H and O–H groups in total. The first-order valence-electron chi connectivity index (χ1n) is 7.55. The molecule has 0 aliphatic carbocycles. The first-order valence-corrected chi connectivity index (χ1v) is 9.45. The van der Waals surface area contributed by atoms with Gasteiger partial charge >= 0.3 is 0 Å². The van der Waals surface area contributed by atoms with E-state index in [9.17, 15) is 18.0 Å². The van der Waals surface area contributed by atoms with Gasteiger partial charge in [-0.1, -0.05) is 0 Å². The minimum atomic E-state index is -3.41. The number of nitrogens with zero attached hydrogens (tertiary/aromatic N) is 3. The Labute approximate surface area is 140 Å². The van der Waals surface area contributed by atoms with Crippen LogP contribution >= 0.6 is 0 Å². The van der Waals surface area contributed by atoms with Crippen LogP contribution in [0.15, 0.2) is 12.4 Å². The summed E-state index contributed by atoms with van der Waals surface area (Å²) in [6.45, 7) is 2.05. The Morgan fingerprint density at radius 3 is 2.79 bits per heavy atom. The van der Waals surface area contributed by atoms with Gasteiger partial charge in [0.2, 0.25) is 21.8 Å². The number of aromatic nitrogens is 2. The maximum Gasteiger partial charge on any atom is 0.235 e. The van der Waals surface area contributed by atoms with E-state index in [2.05, 4.69) is 20.0 Å². The molecule has 0 aromatic carbocycles. The van der Waals surface area contributed by atoms with Crippen LogP contribution in [0, 0.1) is 0 Å². The van der Waals surface area contributed by atoms with Crippen molar-refractivity contribution in [3.8, 4) is 0 Å². The van der Waals surface area contributed by atoms with Crippen molar-refractivity contribution in [3.63, 3.8) is 0 Å². The SMILES string of the molecule is CC(=O)N1CCC[C@@H]1c1cncc(CNC(=O)CNS(C)(=O)=O)n1. The van der Waals surface area contributed by atoms with E-state index in [-0.39, 0.29) is 25.0 Å². The van der Waals surface area contributed by atoms with Crippen molar-refractivity contribution in [2.24, 2.45) is 0 Å². The first kappa shape index (κ1) is 18.3. The lowest BCUT2D eigenvalue weighted by Crippen LogP contribution is -2.36. The van der Waals surface area contributed by atoms with E-state index >= 15 is 0 Å². The molecule has 1 aliphatic heterocycles. The summed E-state index contributed by atoms with van der Waals surface area (Å²) >= 11 is 0. The minimum Gasteiger partial charge on any atom is -0.349 e. The molecule has 1 atom stereocenters. The molecular weight excluding hydrogens is 334 g/mol. The maximum absolute atomic E-state index is 11.6. The van der Waals surface area contributed by atoms with Crippen molar-refractivity contribution >= 4 is 21.8 Å². The summed E-state index contributed by atoms with van der Waals surface area (Å²) in [5.41, 5.74) is 1.25. The highest BCUT2D eigenvalue weighted by Gasteiger charge is 2.29. The summed E-state index contributed by atoms with van der Waals surface area (Å²) in [6, 6.07) is -0.0856. The number of hydrogen-bond acceptors (Lipinski definition) is 6. The van der Waals surface area contributed by atoms with E-state index in [1.165, 1.54) is 13.1 Å². The van der Waals surface area contributed by atoms with Crippen LogP contribution in [0.1, 0.15) is 37.2 Å². The fourth-order valence-electron chi connectivity index (χ4n) is 2.57. The van der Waals surface area contributed by atoms with Crippen LogP contribution in [0.25, 0.3) is 0 Å². The van der Waals surface area contributed by atoms with Crippen LogP contribution in [0.3, 0.4) is 0 Å².